The lowest BCUT2D eigenvalue weighted by Gasteiger charge is -2.35. The van der Waals surface area contributed by atoms with Gasteiger partial charge in [0, 0.05) is 63.2 Å². The molecule has 41 heavy (non-hydrogen) atoms. The Morgan fingerprint density at radius 2 is 1.76 bits per heavy atom. The summed E-state index contributed by atoms with van der Waals surface area (Å²) in [5.74, 6) is 0.921. The standard InChI is InChI=1S/C31H36ClN5O3S/c1-2-40-30(39)26-12-7-13-37(21-26)29(38)25-11-6-10-24(18-25)22-41-31-33-27(32)19-28(34-31)36-16-14-35(15-17-36)20-23-8-4-3-5-9-23/h3-6,8-11,18-19,26H,2,7,12-17,20-22H2,1H3. The van der Waals surface area contributed by atoms with E-state index < -0.39 is 0 Å². The van der Waals surface area contributed by atoms with Crippen molar-refractivity contribution in [1.82, 2.24) is 19.8 Å². The highest BCUT2D eigenvalue weighted by atomic mass is 35.5. The number of nitrogens with zero attached hydrogens (tertiary/aromatic N) is 5. The fraction of sp³-hybridized carbons (Fsp3) is 0.419. The average Bonchev–Trinajstić information content (AvgIpc) is 3.00. The number of thioether (sulfide) groups is 1. The molecule has 0 N–H and O–H groups in total. The Morgan fingerprint density at radius 1 is 0.976 bits per heavy atom. The molecule has 0 spiro atoms. The maximum atomic E-state index is 13.3. The molecule has 2 aliphatic rings. The van der Waals surface area contributed by atoms with Crippen LogP contribution in [0.3, 0.4) is 0 Å². The Kier molecular flexibility index (Phi) is 10.1. The van der Waals surface area contributed by atoms with Crippen molar-refractivity contribution in [1.29, 1.82) is 0 Å². The third kappa shape index (κ3) is 7.99. The third-order valence-corrected chi connectivity index (χ3v) is 8.59. The number of piperazine rings is 1. The van der Waals surface area contributed by atoms with E-state index in [1.807, 2.05) is 36.4 Å². The molecule has 3 heterocycles. The lowest BCUT2D eigenvalue weighted by atomic mass is 9.97. The van der Waals surface area contributed by atoms with Crippen LogP contribution in [0.2, 0.25) is 5.15 Å². The summed E-state index contributed by atoms with van der Waals surface area (Å²) < 4.78 is 5.18. The van der Waals surface area contributed by atoms with Gasteiger partial charge in [-0.2, -0.15) is 0 Å². The van der Waals surface area contributed by atoms with E-state index in [0.717, 1.165) is 56.9 Å². The number of piperidine rings is 1. The number of carbonyl (C=O) groups excluding carboxylic acids is 2. The van der Waals surface area contributed by atoms with Gasteiger partial charge in [0.1, 0.15) is 11.0 Å². The van der Waals surface area contributed by atoms with Crippen molar-refractivity contribution < 1.29 is 14.3 Å². The molecule has 0 aliphatic carbocycles. The number of carbonyl (C=O) groups is 2. The minimum absolute atomic E-state index is 0.0569. The molecule has 5 rings (SSSR count). The van der Waals surface area contributed by atoms with Gasteiger partial charge < -0.3 is 14.5 Å². The van der Waals surface area contributed by atoms with E-state index in [-0.39, 0.29) is 17.8 Å². The van der Waals surface area contributed by atoms with Gasteiger partial charge in [0.25, 0.3) is 5.91 Å². The van der Waals surface area contributed by atoms with Crippen molar-refractivity contribution in [3.05, 3.63) is 82.5 Å². The second-order valence-electron chi connectivity index (χ2n) is 10.4. The Balaban J connectivity index is 1.17. The molecule has 0 saturated carbocycles. The van der Waals surface area contributed by atoms with E-state index in [4.69, 9.17) is 21.3 Å². The van der Waals surface area contributed by atoms with E-state index >= 15 is 0 Å². The Morgan fingerprint density at radius 3 is 2.54 bits per heavy atom. The van der Waals surface area contributed by atoms with Crippen molar-refractivity contribution >= 4 is 41.1 Å². The van der Waals surface area contributed by atoms with Crippen LogP contribution in [-0.4, -0.2) is 77.5 Å². The number of rotatable bonds is 9. The zero-order chi connectivity index (χ0) is 28.6. The van der Waals surface area contributed by atoms with Crippen LogP contribution in [0.25, 0.3) is 0 Å². The van der Waals surface area contributed by atoms with Gasteiger partial charge >= 0.3 is 5.97 Å². The number of hydrogen-bond acceptors (Lipinski definition) is 8. The van der Waals surface area contributed by atoms with Crippen molar-refractivity contribution in [3.8, 4) is 0 Å². The fourth-order valence-corrected chi connectivity index (χ4v) is 6.35. The minimum atomic E-state index is -0.257. The highest BCUT2D eigenvalue weighted by molar-refractivity contribution is 7.98. The number of ether oxygens (including phenoxy) is 1. The van der Waals surface area contributed by atoms with Gasteiger partial charge in [-0.15, -0.1) is 0 Å². The molecule has 1 unspecified atom stereocenters. The van der Waals surface area contributed by atoms with Gasteiger partial charge in [0.05, 0.1) is 12.5 Å². The van der Waals surface area contributed by atoms with E-state index in [1.165, 1.54) is 17.3 Å². The van der Waals surface area contributed by atoms with Crippen molar-refractivity contribution in [2.45, 2.75) is 37.2 Å². The first-order chi connectivity index (χ1) is 20.0. The van der Waals surface area contributed by atoms with Gasteiger partial charge in [-0.3, -0.25) is 14.5 Å². The van der Waals surface area contributed by atoms with Gasteiger partial charge in [-0.1, -0.05) is 65.8 Å². The normalized spacial score (nSPS) is 17.9. The Labute approximate surface area is 251 Å². The summed E-state index contributed by atoms with van der Waals surface area (Å²) in [7, 11) is 0. The summed E-state index contributed by atoms with van der Waals surface area (Å²) in [4.78, 5) is 41.2. The maximum absolute atomic E-state index is 13.3. The predicted molar refractivity (Wildman–Crippen MR) is 162 cm³/mol. The number of benzene rings is 2. The predicted octanol–water partition coefficient (Wildman–Crippen LogP) is 5.16. The van der Waals surface area contributed by atoms with Crippen molar-refractivity contribution in [3.63, 3.8) is 0 Å². The zero-order valence-corrected chi connectivity index (χ0v) is 24.9. The second kappa shape index (κ2) is 14.2. The topological polar surface area (TPSA) is 78.9 Å². The molecule has 2 fully saturated rings. The van der Waals surface area contributed by atoms with Crippen molar-refractivity contribution in [2.75, 3.05) is 50.8 Å². The molecule has 1 atom stereocenters. The molecular weight excluding hydrogens is 558 g/mol. The average molecular weight is 594 g/mol. The van der Waals surface area contributed by atoms with Gasteiger partial charge in [-0.25, -0.2) is 9.97 Å². The molecule has 0 bridgehead atoms. The van der Waals surface area contributed by atoms with Crippen molar-refractivity contribution in [2.24, 2.45) is 5.92 Å². The smallest absolute Gasteiger partial charge is 0.310 e. The number of amides is 1. The zero-order valence-electron chi connectivity index (χ0n) is 23.4. The number of anilines is 1. The number of esters is 1. The number of hydrogen-bond donors (Lipinski definition) is 0. The molecule has 3 aromatic rings. The highest BCUT2D eigenvalue weighted by Gasteiger charge is 2.30. The molecule has 10 heteroatoms. The van der Waals surface area contributed by atoms with Gasteiger partial charge in [0.2, 0.25) is 0 Å². The molecule has 8 nitrogen and oxygen atoms in total. The van der Waals surface area contributed by atoms with Crippen LogP contribution in [0.1, 0.15) is 41.3 Å². The maximum Gasteiger partial charge on any atom is 0.310 e. The van der Waals surface area contributed by atoms with E-state index in [0.29, 0.717) is 41.3 Å². The summed E-state index contributed by atoms with van der Waals surface area (Å²) in [6.07, 6.45) is 1.55. The molecule has 0 radical (unpaired) electrons. The summed E-state index contributed by atoms with van der Waals surface area (Å²) in [6.45, 7) is 7.82. The van der Waals surface area contributed by atoms with Crippen LogP contribution in [0, 0.1) is 5.92 Å². The monoisotopic (exact) mass is 593 g/mol. The molecule has 1 amide bonds. The first-order valence-corrected chi connectivity index (χ1v) is 15.6. The van der Waals surface area contributed by atoms with Crippen LogP contribution in [-0.2, 0) is 21.8 Å². The lowest BCUT2D eigenvalue weighted by Crippen LogP contribution is -2.46. The molecule has 216 valence electrons. The van der Waals surface area contributed by atoms with Crippen LogP contribution in [0.5, 0.6) is 0 Å². The van der Waals surface area contributed by atoms with Gasteiger partial charge in [-0.05, 0) is 43.0 Å². The summed E-state index contributed by atoms with van der Waals surface area (Å²) in [6, 6.07) is 20.0. The summed E-state index contributed by atoms with van der Waals surface area (Å²) in [5, 5.41) is 1.04. The van der Waals surface area contributed by atoms with Crippen LogP contribution >= 0.6 is 23.4 Å². The summed E-state index contributed by atoms with van der Waals surface area (Å²) >= 11 is 7.91. The largest absolute Gasteiger partial charge is 0.466 e. The number of halogens is 1. The van der Waals surface area contributed by atoms with Crippen LogP contribution < -0.4 is 4.90 Å². The van der Waals surface area contributed by atoms with E-state index in [1.54, 1.807) is 11.8 Å². The quantitative estimate of drug-likeness (QED) is 0.146. The molecule has 2 aromatic carbocycles. The fourth-order valence-electron chi connectivity index (χ4n) is 5.33. The van der Waals surface area contributed by atoms with E-state index in [2.05, 4.69) is 39.0 Å². The lowest BCUT2D eigenvalue weighted by molar-refractivity contribution is -0.149. The first kappa shape index (κ1) is 29.4. The Hall–Kier alpha value is -3.14. The first-order valence-electron chi connectivity index (χ1n) is 14.2. The van der Waals surface area contributed by atoms with Crippen LogP contribution in [0.4, 0.5) is 5.82 Å². The molecular formula is C31H36ClN5O3S. The third-order valence-electron chi connectivity index (χ3n) is 7.48. The van der Waals surface area contributed by atoms with E-state index in [9.17, 15) is 9.59 Å². The highest BCUT2D eigenvalue weighted by Crippen LogP contribution is 2.26. The number of likely N-dealkylation sites (tertiary alicyclic amines) is 1. The Bertz CT molecular complexity index is 1340. The van der Waals surface area contributed by atoms with Gasteiger partial charge in [0.15, 0.2) is 5.16 Å². The summed E-state index contributed by atoms with van der Waals surface area (Å²) in [5.41, 5.74) is 2.94. The molecule has 2 aliphatic heterocycles. The SMILES string of the molecule is CCOC(=O)C1CCCN(C(=O)c2cccc(CSc3nc(Cl)cc(N4CCN(Cc5ccccc5)CC4)n3)c2)C1. The minimum Gasteiger partial charge on any atom is -0.466 e. The number of aromatic nitrogens is 2. The van der Waals surface area contributed by atoms with Crippen LogP contribution in [0.15, 0.2) is 65.8 Å². The second-order valence-corrected chi connectivity index (χ2v) is 11.7. The molecule has 1 aromatic heterocycles. The molecule has 2 saturated heterocycles.